The minimum Gasteiger partial charge on any atom is -0.493 e. The van der Waals surface area contributed by atoms with Crippen molar-refractivity contribution in [2.45, 2.75) is 25.7 Å². The summed E-state index contributed by atoms with van der Waals surface area (Å²) in [5, 5.41) is 0. The molecule has 1 aromatic rings. The van der Waals surface area contributed by atoms with E-state index in [1.54, 1.807) is 7.05 Å². The van der Waals surface area contributed by atoms with Crippen molar-refractivity contribution in [3.8, 4) is 5.75 Å². The summed E-state index contributed by atoms with van der Waals surface area (Å²) in [6, 6.07) is 6.31. The molecule has 1 heterocycles. The number of nitrogens with one attached hydrogen (secondary N) is 2. The van der Waals surface area contributed by atoms with Gasteiger partial charge < -0.3 is 4.74 Å². The van der Waals surface area contributed by atoms with Gasteiger partial charge in [0.25, 0.3) is 0 Å². The van der Waals surface area contributed by atoms with Gasteiger partial charge in [0.05, 0.1) is 6.61 Å². The molecule has 0 aromatic heterocycles. The molecule has 0 fully saturated rings. The van der Waals surface area contributed by atoms with E-state index in [2.05, 4.69) is 23.0 Å². The maximum Gasteiger partial charge on any atom is 0.234 e. The molecule has 0 saturated carbocycles. The predicted molar refractivity (Wildman–Crippen MR) is 65.8 cm³/mol. The molecular weight excluding hydrogens is 216 g/mol. The van der Waals surface area contributed by atoms with Gasteiger partial charge in [-0.2, -0.15) is 0 Å². The van der Waals surface area contributed by atoms with Gasteiger partial charge in [-0.1, -0.05) is 12.1 Å². The lowest BCUT2D eigenvalue weighted by Crippen LogP contribution is -2.33. The Morgan fingerprint density at radius 2 is 2.35 bits per heavy atom. The van der Waals surface area contributed by atoms with Crippen LogP contribution >= 0.6 is 0 Å². The largest absolute Gasteiger partial charge is 0.493 e. The summed E-state index contributed by atoms with van der Waals surface area (Å²) in [6.45, 7) is 0.795. The number of hydrogen-bond donors (Lipinski definition) is 2. The highest BCUT2D eigenvalue weighted by Gasteiger charge is 2.11. The van der Waals surface area contributed by atoms with Gasteiger partial charge in [-0.15, -0.1) is 0 Å². The molecule has 4 nitrogen and oxygen atoms in total. The fourth-order valence-electron chi connectivity index (χ4n) is 2.05. The van der Waals surface area contributed by atoms with E-state index >= 15 is 0 Å². The summed E-state index contributed by atoms with van der Waals surface area (Å²) < 4.78 is 5.46. The first kappa shape index (κ1) is 11.9. The van der Waals surface area contributed by atoms with Crippen LogP contribution in [0.25, 0.3) is 0 Å². The SMILES string of the molecule is CNNC(=O)CCCc1ccc2c(c1)CCO2. The lowest BCUT2D eigenvalue weighted by molar-refractivity contribution is -0.122. The molecule has 0 bridgehead atoms. The lowest BCUT2D eigenvalue weighted by atomic mass is 10.0. The molecule has 4 heteroatoms. The van der Waals surface area contributed by atoms with E-state index in [9.17, 15) is 4.79 Å². The molecule has 2 N–H and O–H groups in total. The zero-order valence-corrected chi connectivity index (χ0v) is 10.1. The van der Waals surface area contributed by atoms with Gasteiger partial charge in [0.15, 0.2) is 0 Å². The van der Waals surface area contributed by atoms with Gasteiger partial charge in [0.1, 0.15) is 5.75 Å². The number of hydrazine groups is 1. The summed E-state index contributed by atoms with van der Waals surface area (Å²) in [4.78, 5) is 11.2. The standard InChI is InChI=1S/C13H18N2O2/c1-14-15-13(16)4-2-3-10-5-6-12-11(9-10)7-8-17-12/h5-6,9,14H,2-4,7-8H2,1H3,(H,15,16). The highest BCUT2D eigenvalue weighted by atomic mass is 16.5. The van der Waals surface area contributed by atoms with Crippen LogP contribution in [-0.4, -0.2) is 19.6 Å². The van der Waals surface area contributed by atoms with Crippen molar-refractivity contribution in [1.29, 1.82) is 0 Å². The van der Waals surface area contributed by atoms with Crippen molar-refractivity contribution in [1.82, 2.24) is 10.9 Å². The summed E-state index contributed by atoms with van der Waals surface area (Å²) in [5.41, 5.74) is 7.78. The van der Waals surface area contributed by atoms with Gasteiger partial charge in [-0.25, -0.2) is 5.43 Å². The van der Waals surface area contributed by atoms with Crippen LogP contribution in [0.3, 0.4) is 0 Å². The number of benzene rings is 1. The maximum atomic E-state index is 11.2. The van der Waals surface area contributed by atoms with Crippen LogP contribution in [0.5, 0.6) is 5.75 Å². The smallest absolute Gasteiger partial charge is 0.234 e. The summed E-state index contributed by atoms with van der Waals surface area (Å²) >= 11 is 0. The Morgan fingerprint density at radius 1 is 1.47 bits per heavy atom. The average Bonchev–Trinajstić information content (AvgIpc) is 2.76. The molecule has 1 aromatic carbocycles. The minimum atomic E-state index is 0.0389. The van der Waals surface area contributed by atoms with E-state index in [1.807, 2.05) is 6.07 Å². The Morgan fingerprint density at radius 3 is 3.18 bits per heavy atom. The molecule has 0 radical (unpaired) electrons. The lowest BCUT2D eigenvalue weighted by Gasteiger charge is -2.05. The maximum absolute atomic E-state index is 11.2. The van der Waals surface area contributed by atoms with Gasteiger partial charge >= 0.3 is 0 Å². The van der Waals surface area contributed by atoms with Gasteiger partial charge in [0, 0.05) is 19.9 Å². The van der Waals surface area contributed by atoms with Gasteiger partial charge in [-0.05, 0) is 30.0 Å². The molecule has 1 aliphatic rings. The monoisotopic (exact) mass is 234 g/mol. The second-order valence-electron chi connectivity index (χ2n) is 4.19. The van der Waals surface area contributed by atoms with Crippen LogP contribution in [0, 0.1) is 0 Å². The Labute approximate surface area is 101 Å². The third kappa shape index (κ3) is 3.20. The van der Waals surface area contributed by atoms with Crippen molar-refractivity contribution in [3.63, 3.8) is 0 Å². The molecular formula is C13H18N2O2. The summed E-state index contributed by atoms with van der Waals surface area (Å²) in [5.74, 6) is 1.05. The number of ether oxygens (including phenoxy) is 1. The van der Waals surface area contributed by atoms with E-state index in [-0.39, 0.29) is 5.91 Å². The van der Waals surface area contributed by atoms with E-state index in [4.69, 9.17) is 4.74 Å². The average molecular weight is 234 g/mol. The number of rotatable bonds is 5. The van der Waals surface area contributed by atoms with Crippen LogP contribution in [0.1, 0.15) is 24.0 Å². The normalized spacial score (nSPS) is 13.0. The Hall–Kier alpha value is -1.55. The van der Waals surface area contributed by atoms with E-state index < -0.39 is 0 Å². The van der Waals surface area contributed by atoms with Crippen molar-refractivity contribution in [3.05, 3.63) is 29.3 Å². The topological polar surface area (TPSA) is 50.4 Å². The molecule has 1 amide bonds. The van der Waals surface area contributed by atoms with Gasteiger partial charge in [-0.3, -0.25) is 10.2 Å². The highest BCUT2D eigenvalue weighted by molar-refractivity contribution is 5.75. The van der Waals surface area contributed by atoms with Crippen LogP contribution in [0.15, 0.2) is 18.2 Å². The molecule has 0 unspecified atom stereocenters. The zero-order chi connectivity index (χ0) is 12.1. The Bertz CT molecular complexity index is 404. The fourth-order valence-corrected chi connectivity index (χ4v) is 2.05. The molecule has 1 aliphatic heterocycles. The first-order chi connectivity index (χ1) is 8.29. The predicted octanol–water partition coefficient (Wildman–Crippen LogP) is 1.19. The van der Waals surface area contributed by atoms with E-state index in [0.717, 1.165) is 31.6 Å². The number of carbonyl (C=O) groups is 1. The number of hydrogen-bond acceptors (Lipinski definition) is 3. The van der Waals surface area contributed by atoms with Gasteiger partial charge in [0.2, 0.25) is 5.91 Å². The molecule has 0 spiro atoms. The molecule has 92 valence electrons. The summed E-state index contributed by atoms with van der Waals surface area (Å²) in [7, 11) is 1.69. The molecule has 0 saturated heterocycles. The zero-order valence-electron chi connectivity index (χ0n) is 10.1. The first-order valence-corrected chi connectivity index (χ1v) is 6.00. The number of fused-ring (bicyclic) bond motifs is 1. The second kappa shape index (κ2) is 5.68. The second-order valence-corrected chi connectivity index (χ2v) is 4.19. The van der Waals surface area contributed by atoms with Crippen LogP contribution in [-0.2, 0) is 17.6 Å². The quantitative estimate of drug-likeness (QED) is 0.753. The van der Waals surface area contributed by atoms with Crippen LogP contribution < -0.4 is 15.6 Å². The Kier molecular flexibility index (Phi) is 3.98. The van der Waals surface area contributed by atoms with E-state index in [1.165, 1.54) is 11.1 Å². The number of aryl methyl sites for hydroxylation is 1. The molecule has 0 atom stereocenters. The Balaban J connectivity index is 1.81. The summed E-state index contributed by atoms with van der Waals surface area (Å²) in [6.07, 6.45) is 3.36. The molecule has 0 aliphatic carbocycles. The van der Waals surface area contributed by atoms with Crippen molar-refractivity contribution in [2.24, 2.45) is 0 Å². The van der Waals surface area contributed by atoms with Crippen molar-refractivity contribution >= 4 is 5.91 Å². The third-order valence-electron chi connectivity index (χ3n) is 2.89. The number of amides is 1. The number of carbonyl (C=O) groups excluding carboxylic acids is 1. The van der Waals surface area contributed by atoms with Crippen LogP contribution in [0.4, 0.5) is 0 Å². The van der Waals surface area contributed by atoms with Crippen molar-refractivity contribution < 1.29 is 9.53 Å². The highest BCUT2D eigenvalue weighted by Crippen LogP contribution is 2.26. The molecule has 17 heavy (non-hydrogen) atoms. The first-order valence-electron chi connectivity index (χ1n) is 6.00. The van der Waals surface area contributed by atoms with Crippen molar-refractivity contribution in [2.75, 3.05) is 13.7 Å². The van der Waals surface area contributed by atoms with Crippen LogP contribution in [0.2, 0.25) is 0 Å². The minimum absolute atomic E-state index is 0.0389. The third-order valence-corrected chi connectivity index (χ3v) is 2.89. The fraction of sp³-hybridized carbons (Fsp3) is 0.462. The molecule has 2 rings (SSSR count). The van der Waals surface area contributed by atoms with E-state index in [0.29, 0.717) is 6.42 Å².